The van der Waals surface area contributed by atoms with E-state index in [-0.39, 0.29) is 12.5 Å². The highest BCUT2D eigenvalue weighted by atomic mass is 16.5. The van der Waals surface area contributed by atoms with Gasteiger partial charge in [-0.3, -0.25) is 9.48 Å². The first-order chi connectivity index (χ1) is 22.4. The van der Waals surface area contributed by atoms with E-state index in [1.807, 2.05) is 28.6 Å². The molecule has 0 radical (unpaired) electrons. The maximum absolute atomic E-state index is 13.0. The molecule has 1 saturated heterocycles. The van der Waals surface area contributed by atoms with E-state index < -0.39 is 0 Å². The van der Waals surface area contributed by atoms with Crippen LogP contribution in [0.4, 0.5) is 23.5 Å². The van der Waals surface area contributed by atoms with Gasteiger partial charge in [0, 0.05) is 113 Å². The van der Waals surface area contributed by atoms with Crippen LogP contribution in [0.1, 0.15) is 11.3 Å². The number of carbonyl (C=O) groups excluding carboxylic acids is 1. The number of rotatable bonds is 16. The number of ether oxygens (including phenoxy) is 4. The number of anilines is 4. The third-order valence-electron chi connectivity index (χ3n) is 8.34. The van der Waals surface area contributed by atoms with Gasteiger partial charge in [0.2, 0.25) is 17.8 Å². The van der Waals surface area contributed by atoms with Crippen LogP contribution in [0.3, 0.4) is 0 Å². The number of aromatic nitrogens is 6. The van der Waals surface area contributed by atoms with Crippen LogP contribution in [0.5, 0.6) is 0 Å². The Bertz CT molecular complexity index is 1450. The van der Waals surface area contributed by atoms with E-state index in [0.717, 1.165) is 17.7 Å². The average molecular weight is 642 g/mol. The number of methoxy groups -OCH3 is 4. The molecule has 3 aromatic rings. The molecule has 46 heavy (non-hydrogen) atoms. The van der Waals surface area contributed by atoms with Crippen LogP contribution in [0, 0.1) is 0 Å². The Labute approximate surface area is 270 Å². The summed E-state index contributed by atoms with van der Waals surface area (Å²) in [4.78, 5) is 43.7. The fourth-order valence-corrected chi connectivity index (χ4v) is 5.69. The van der Waals surface area contributed by atoms with Gasteiger partial charge in [0.25, 0.3) is 0 Å². The number of aryl methyl sites for hydroxylation is 1. The Hall–Kier alpha value is -3.86. The maximum atomic E-state index is 13.0. The second-order valence-corrected chi connectivity index (χ2v) is 11.5. The van der Waals surface area contributed by atoms with Crippen molar-refractivity contribution >= 4 is 40.5 Å². The van der Waals surface area contributed by atoms with Crippen molar-refractivity contribution in [3.63, 3.8) is 0 Å². The molecule has 0 saturated carbocycles. The van der Waals surface area contributed by atoms with Crippen molar-refractivity contribution in [3.05, 3.63) is 17.5 Å². The fourth-order valence-electron chi connectivity index (χ4n) is 5.69. The third kappa shape index (κ3) is 7.57. The minimum Gasteiger partial charge on any atom is -0.383 e. The lowest BCUT2D eigenvalue weighted by molar-refractivity contribution is -0.129. The Kier molecular flexibility index (Phi) is 11.4. The molecular weight excluding hydrogens is 594 g/mol. The van der Waals surface area contributed by atoms with E-state index >= 15 is 0 Å². The zero-order valence-electron chi connectivity index (χ0n) is 27.9. The van der Waals surface area contributed by atoms with Crippen LogP contribution < -0.4 is 19.6 Å². The average Bonchev–Trinajstić information content (AvgIpc) is 3.44. The fraction of sp³-hybridized carbons (Fsp3) is 0.667. The molecule has 2 aliphatic rings. The van der Waals surface area contributed by atoms with E-state index in [1.54, 1.807) is 33.3 Å². The minimum atomic E-state index is 0.0200. The molecular formula is C30H47N11O5. The number of likely N-dealkylation sites (N-methyl/N-ethyl adjacent to an activating group) is 1. The highest BCUT2D eigenvalue weighted by molar-refractivity contribution is 5.96. The van der Waals surface area contributed by atoms with Gasteiger partial charge in [0.15, 0.2) is 11.6 Å². The van der Waals surface area contributed by atoms with Gasteiger partial charge >= 0.3 is 0 Å². The first-order valence-electron chi connectivity index (χ1n) is 15.7. The van der Waals surface area contributed by atoms with Crippen molar-refractivity contribution in [1.82, 2.24) is 34.6 Å². The van der Waals surface area contributed by atoms with Crippen molar-refractivity contribution in [2.24, 2.45) is 7.05 Å². The normalized spacial score (nSPS) is 15.2. The van der Waals surface area contributed by atoms with Crippen LogP contribution in [0.2, 0.25) is 0 Å². The maximum Gasteiger partial charge on any atom is 0.241 e. The molecule has 5 heterocycles. The Balaban J connectivity index is 1.72. The highest BCUT2D eigenvalue weighted by Gasteiger charge is 2.30. The van der Waals surface area contributed by atoms with E-state index in [4.69, 9.17) is 38.9 Å². The van der Waals surface area contributed by atoms with Gasteiger partial charge in [-0.1, -0.05) is 0 Å². The molecule has 0 atom stereocenters. The van der Waals surface area contributed by atoms with E-state index in [0.29, 0.717) is 113 Å². The summed E-state index contributed by atoms with van der Waals surface area (Å²) in [6.45, 7) is 6.93. The zero-order chi connectivity index (χ0) is 32.6. The molecule has 0 aliphatic carbocycles. The third-order valence-corrected chi connectivity index (χ3v) is 8.34. The molecule has 16 heteroatoms. The quantitative estimate of drug-likeness (QED) is 0.210. The first kappa shape index (κ1) is 33.5. The van der Waals surface area contributed by atoms with Crippen molar-refractivity contribution < 1.29 is 23.7 Å². The molecule has 252 valence electrons. The summed E-state index contributed by atoms with van der Waals surface area (Å²) in [6.07, 6.45) is 2.84. The van der Waals surface area contributed by atoms with E-state index in [9.17, 15) is 4.79 Å². The van der Waals surface area contributed by atoms with Gasteiger partial charge in [0.1, 0.15) is 11.0 Å². The van der Waals surface area contributed by atoms with Crippen LogP contribution in [-0.2, 0) is 43.8 Å². The van der Waals surface area contributed by atoms with Crippen LogP contribution in [0.15, 0.2) is 6.20 Å². The van der Waals surface area contributed by atoms with Crippen LogP contribution >= 0.6 is 0 Å². The van der Waals surface area contributed by atoms with Gasteiger partial charge in [-0.05, 0) is 0 Å². The summed E-state index contributed by atoms with van der Waals surface area (Å²) < 4.78 is 23.6. The zero-order valence-corrected chi connectivity index (χ0v) is 27.9. The van der Waals surface area contributed by atoms with Crippen molar-refractivity contribution in [1.29, 1.82) is 0 Å². The number of amides is 1. The molecule has 5 rings (SSSR count). The summed E-state index contributed by atoms with van der Waals surface area (Å²) in [5.41, 5.74) is 3.46. The highest BCUT2D eigenvalue weighted by Crippen LogP contribution is 2.35. The smallest absolute Gasteiger partial charge is 0.241 e. The molecule has 0 spiro atoms. The minimum absolute atomic E-state index is 0.0200. The summed E-state index contributed by atoms with van der Waals surface area (Å²) in [7, 11) is 10.5. The first-order valence-corrected chi connectivity index (χ1v) is 15.7. The molecule has 0 bridgehead atoms. The second-order valence-electron chi connectivity index (χ2n) is 11.5. The number of piperazine rings is 1. The summed E-state index contributed by atoms with van der Waals surface area (Å²) in [6, 6.07) is 0. The van der Waals surface area contributed by atoms with Gasteiger partial charge in [-0.25, -0.2) is 9.97 Å². The molecule has 16 nitrogen and oxygen atoms in total. The Morgan fingerprint density at radius 1 is 0.696 bits per heavy atom. The largest absolute Gasteiger partial charge is 0.383 e. The molecule has 1 amide bonds. The number of hydrogen-bond acceptors (Lipinski definition) is 14. The number of nitrogens with zero attached hydrogens (tertiary/aromatic N) is 11. The van der Waals surface area contributed by atoms with Crippen molar-refractivity contribution in [2.45, 2.75) is 13.0 Å². The number of carbonyl (C=O) groups is 1. The number of hydrogen-bond donors (Lipinski definition) is 0. The summed E-state index contributed by atoms with van der Waals surface area (Å²) >= 11 is 0. The standard InChI is InChI=1S/C30H47N11O5/c1-36-9-10-41(21-24(36)42)28-26-25(31-30(34-28)39(13-17-45-5)14-18-46-6)27(40-8-7-23-22(20-40)19-37(2)35-23)33-29(32-26)38(11-15-43-3)12-16-44-4/h19H,7-18,20-21H2,1-6H3. The molecule has 0 N–H and O–H groups in total. The van der Waals surface area contributed by atoms with Crippen LogP contribution in [-0.4, -0.2) is 155 Å². The summed E-state index contributed by atoms with van der Waals surface area (Å²) in [5, 5.41) is 4.66. The molecule has 0 aromatic carbocycles. The molecule has 1 fully saturated rings. The summed E-state index contributed by atoms with van der Waals surface area (Å²) in [5.74, 6) is 2.37. The number of fused-ring (bicyclic) bond motifs is 2. The van der Waals surface area contributed by atoms with Crippen LogP contribution in [0.25, 0.3) is 11.0 Å². The topological polar surface area (TPSA) is 140 Å². The lowest BCUT2D eigenvalue weighted by atomic mass is 10.1. The molecule has 2 aliphatic heterocycles. The van der Waals surface area contributed by atoms with Crippen molar-refractivity contribution in [2.75, 3.05) is 134 Å². The lowest BCUT2D eigenvalue weighted by Crippen LogP contribution is -2.49. The van der Waals surface area contributed by atoms with E-state index in [1.165, 1.54) is 0 Å². The molecule has 3 aromatic heterocycles. The van der Waals surface area contributed by atoms with Gasteiger partial charge < -0.3 is 43.4 Å². The Morgan fingerprint density at radius 2 is 1.20 bits per heavy atom. The van der Waals surface area contributed by atoms with Gasteiger partial charge in [0.05, 0.1) is 38.7 Å². The predicted octanol–water partition coefficient (Wildman–Crippen LogP) is 0.193. The monoisotopic (exact) mass is 641 g/mol. The predicted molar refractivity (Wildman–Crippen MR) is 175 cm³/mol. The van der Waals surface area contributed by atoms with Crippen molar-refractivity contribution in [3.8, 4) is 0 Å². The lowest BCUT2D eigenvalue weighted by Gasteiger charge is -2.34. The SMILES string of the molecule is COCCN(CCOC)c1nc(N2CCc3nn(C)cc3C2)c2nc(N(CCOC)CCOC)nc(N3CCN(C)C(=O)C3)c2n1. The van der Waals surface area contributed by atoms with Gasteiger partial charge in [-0.2, -0.15) is 15.1 Å². The second kappa shape index (κ2) is 15.6. The van der Waals surface area contributed by atoms with Gasteiger partial charge in [-0.15, -0.1) is 0 Å². The Morgan fingerprint density at radius 3 is 1.67 bits per heavy atom. The van der Waals surface area contributed by atoms with E-state index in [2.05, 4.69) is 21.1 Å². The molecule has 0 unspecified atom stereocenters.